The van der Waals surface area contributed by atoms with Gasteiger partial charge in [-0.2, -0.15) is 0 Å². The highest BCUT2D eigenvalue weighted by Crippen LogP contribution is 2.13. The molecule has 5 heteroatoms. The largest absolute Gasteiger partial charge is 0.350 e. The number of anilines is 1. The first kappa shape index (κ1) is 17.2. The number of hydrogen-bond acceptors (Lipinski definition) is 2. The molecule has 2 aromatic carbocycles. The van der Waals surface area contributed by atoms with E-state index >= 15 is 0 Å². The van der Waals surface area contributed by atoms with Crippen molar-refractivity contribution >= 4 is 33.4 Å². The molecule has 0 aliphatic rings. The van der Waals surface area contributed by atoms with Crippen molar-refractivity contribution in [2.24, 2.45) is 0 Å². The van der Waals surface area contributed by atoms with Crippen molar-refractivity contribution in [1.82, 2.24) is 5.32 Å². The number of carbonyl (C=O) groups is 2. The molecule has 2 amide bonds. The van der Waals surface area contributed by atoms with Gasteiger partial charge >= 0.3 is 0 Å². The Labute approximate surface area is 144 Å². The molecule has 0 aromatic heterocycles. The normalized spacial score (nSPS) is 10.4. The number of halogens is 1. The molecule has 120 valence electrons. The minimum absolute atomic E-state index is 0.0905. The van der Waals surface area contributed by atoms with E-state index in [1.807, 2.05) is 38.1 Å². The molecule has 4 nitrogen and oxygen atoms in total. The summed E-state index contributed by atoms with van der Waals surface area (Å²) >= 11 is 3.37. The number of nitrogens with one attached hydrogen (secondary N) is 2. The lowest BCUT2D eigenvalue weighted by molar-refractivity contribution is -0.115. The van der Waals surface area contributed by atoms with E-state index in [0.29, 0.717) is 17.7 Å². The average Bonchev–Trinajstić information content (AvgIpc) is 2.49. The van der Waals surface area contributed by atoms with Gasteiger partial charge in [0.05, 0.1) is 6.42 Å². The Morgan fingerprint density at radius 3 is 2.17 bits per heavy atom. The first-order valence-electron chi connectivity index (χ1n) is 7.39. The molecule has 0 atom stereocenters. The fraction of sp³-hybridized carbons (Fsp3) is 0.222. The van der Waals surface area contributed by atoms with Crippen LogP contribution in [0.2, 0.25) is 0 Å². The van der Waals surface area contributed by atoms with Crippen LogP contribution in [-0.2, 0) is 11.2 Å². The molecule has 2 rings (SSSR count). The van der Waals surface area contributed by atoms with Gasteiger partial charge in [-0.1, -0.05) is 28.1 Å². The van der Waals surface area contributed by atoms with E-state index < -0.39 is 0 Å². The van der Waals surface area contributed by atoms with Crippen molar-refractivity contribution in [3.05, 3.63) is 64.1 Å². The molecular formula is C18H19BrN2O2. The van der Waals surface area contributed by atoms with E-state index in [0.717, 1.165) is 10.0 Å². The van der Waals surface area contributed by atoms with Gasteiger partial charge < -0.3 is 10.6 Å². The molecule has 0 spiro atoms. The second kappa shape index (κ2) is 7.92. The van der Waals surface area contributed by atoms with Gasteiger partial charge in [-0.15, -0.1) is 0 Å². The van der Waals surface area contributed by atoms with Crippen LogP contribution in [0.15, 0.2) is 53.0 Å². The maximum Gasteiger partial charge on any atom is 0.251 e. The summed E-state index contributed by atoms with van der Waals surface area (Å²) in [5, 5.41) is 5.66. The SMILES string of the molecule is CC(C)NC(=O)c1ccc(NC(=O)Cc2ccc(Br)cc2)cc1. The first-order valence-corrected chi connectivity index (χ1v) is 8.18. The fourth-order valence-corrected chi connectivity index (χ4v) is 2.31. The Morgan fingerprint density at radius 1 is 1.00 bits per heavy atom. The summed E-state index contributed by atoms with van der Waals surface area (Å²) in [7, 11) is 0. The predicted molar refractivity (Wildman–Crippen MR) is 95.5 cm³/mol. The van der Waals surface area contributed by atoms with Gasteiger partial charge in [-0.05, 0) is 55.8 Å². The number of amides is 2. The van der Waals surface area contributed by atoms with Gasteiger partial charge in [-0.25, -0.2) is 0 Å². The summed E-state index contributed by atoms with van der Waals surface area (Å²) < 4.78 is 0.983. The first-order chi connectivity index (χ1) is 10.9. The van der Waals surface area contributed by atoms with E-state index in [1.165, 1.54) is 0 Å². The lowest BCUT2D eigenvalue weighted by atomic mass is 10.1. The summed E-state index contributed by atoms with van der Waals surface area (Å²) in [5.41, 5.74) is 2.19. The summed E-state index contributed by atoms with van der Waals surface area (Å²) in [6.07, 6.45) is 0.308. The second-order valence-corrected chi connectivity index (χ2v) is 6.47. The lowest BCUT2D eigenvalue weighted by Gasteiger charge is -2.09. The molecule has 0 bridgehead atoms. The number of hydrogen-bond donors (Lipinski definition) is 2. The van der Waals surface area contributed by atoms with Gasteiger partial charge in [-0.3, -0.25) is 9.59 Å². The molecule has 0 heterocycles. The Hall–Kier alpha value is -2.14. The molecule has 0 aliphatic carbocycles. The Kier molecular flexibility index (Phi) is 5.93. The summed E-state index contributed by atoms with van der Waals surface area (Å²) in [6, 6.07) is 14.6. The highest BCUT2D eigenvalue weighted by molar-refractivity contribution is 9.10. The molecule has 0 unspecified atom stereocenters. The summed E-state index contributed by atoms with van der Waals surface area (Å²) in [4.78, 5) is 23.9. The zero-order chi connectivity index (χ0) is 16.8. The van der Waals surface area contributed by atoms with Crippen molar-refractivity contribution in [3.63, 3.8) is 0 Å². The molecule has 0 fully saturated rings. The predicted octanol–water partition coefficient (Wildman–Crippen LogP) is 3.77. The van der Waals surface area contributed by atoms with Crippen LogP contribution < -0.4 is 10.6 Å². The van der Waals surface area contributed by atoms with Crippen molar-refractivity contribution in [2.75, 3.05) is 5.32 Å². The minimum Gasteiger partial charge on any atom is -0.350 e. The zero-order valence-electron chi connectivity index (χ0n) is 13.1. The number of carbonyl (C=O) groups excluding carboxylic acids is 2. The monoisotopic (exact) mass is 374 g/mol. The number of rotatable bonds is 5. The van der Waals surface area contributed by atoms with Crippen LogP contribution in [0.1, 0.15) is 29.8 Å². The Morgan fingerprint density at radius 2 is 1.61 bits per heavy atom. The van der Waals surface area contributed by atoms with Crippen molar-refractivity contribution in [3.8, 4) is 0 Å². The van der Waals surface area contributed by atoms with Crippen LogP contribution in [0.25, 0.3) is 0 Å². The third-order valence-corrected chi connectivity index (χ3v) is 3.66. The van der Waals surface area contributed by atoms with Crippen LogP contribution in [0, 0.1) is 0 Å². The highest BCUT2D eigenvalue weighted by Gasteiger charge is 2.08. The van der Waals surface area contributed by atoms with Gasteiger partial charge in [0.25, 0.3) is 5.91 Å². The fourth-order valence-electron chi connectivity index (χ4n) is 2.04. The average molecular weight is 375 g/mol. The third kappa shape index (κ3) is 5.53. The van der Waals surface area contributed by atoms with E-state index in [4.69, 9.17) is 0 Å². The molecule has 2 aromatic rings. The zero-order valence-corrected chi connectivity index (χ0v) is 14.7. The van der Waals surface area contributed by atoms with Gasteiger partial charge in [0.2, 0.25) is 5.91 Å². The highest BCUT2D eigenvalue weighted by atomic mass is 79.9. The lowest BCUT2D eigenvalue weighted by Crippen LogP contribution is -2.30. The number of benzene rings is 2. The van der Waals surface area contributed by atoms with Crippen molar-refractivity contribution in [1.29, 1.82) is 0 Å². The minimum atomic E-state index is -0.118. The standard InChI is InChI=1S/C18H19BrN2O2/c1-12(2)20-18(23)14-5-9-16(10-6-14)21-17(22)11-13-3-7-15(19)8-4-13/h3-10,12H,11H2,1-2H3,(H,20,23)(H,21,22). The van der Waals surface area contributed by atoms with Crippen molar-refractivity contribution in [2.45, 2.75) is 26.3 Å². The van der Waals surface area contributed by atoms with Gasteiger partial charge in [0, 0.05) is 21.8 Å². The van der Waals surface area contributed by atoms with Gasteiger partial charge in [0.15, 0.2) is 0 Å². The quantitative estimate of drug-likeness (QED) is 0.836. The molecule has 0 saturated carbocycles. The summed E-state index contributed by atoms with van der Waals surface area (Å²) in [5.74, 6) is -0.209. The molecule has 23 heavy (non-hydrogen) atoms. The van der Waals surface area contributed by atoms with Gasteiger partial charge in [0.1, 0.15) is 0 Å². The van der Waals surface area contributed by atoms with E-state index in [1.54, 1.807) is 24.3 Å². The van der Waals surface area contributed by atoms with Crippen LogP contribution >= 0.6 is 15.9 Å². The Bertz CT molecular complexity index is 679. The van der Waals surface area contributed by atoms with Crippen LogP contribution in [-0.4, -0.2) is 17.9 Å². The molecule has 2 N–H and O–H groups in total. The topological polar surface area (TPSA) is 58.2 Å². The molecule has 0 saturated heterocycles. The summed E-state index contributed by atoms with van der Waals surface area (Å²) in [6.45, 7) is 3.82. The molecule has 0 radical (unpaired) electrons. The van der Waals surface area contributed by atoms with E-state index in [9.17, 15) is 9.59 Å². The third-order valence-electron chi connectivity index (χ3n) is 3.13. The van der Waals surface area contributed by atoms with Crippen LogP contribution in [0.3, 0.4) is 0 Å². The smallest absolute Gasteiger partial charge is 0.251 e. The van der Waals surface area contributed by atoms with Crippen LogP contribution in [0.5, 0.6) is 0 Å². The van der Waals surface area contributed by atoms with Crippen molar-refractivity contribution < 1.29 is 9.59 Å². The van der Waals surface area contributed by atoms with E-state index in [2.05, 4.69) is 26.6 Å². The maximum absolute atomic E-state index is 12.0. The molecular weight excluding hydrogens is 356 g/mol. The maximum atomic E-state index is 12.0. The van der Waals surface area contributed by atoms with E-state index in [-0.39, 0.29) is 17.9 Å². The Balaban J connectivity index is 1.93. The molecule has 0 aliphatic heterocycles. The second-order valence-electron chi connectivity index (χ2n) is 5.56. The van der Waals surface area contributed by atoms with Crippen LogP contribution in [0.4, 0.5) is 5.69 Å².